The smallest absolute Gasteiger partial charge is 0.325 e. The second kappa shape index (κ2) is 4.97. The van der Waals surface area contributed by atoms with E-state index in [1.807, 2.05) is 13.8 Å². The van der Waals surface area contributed by atoms with E-state index in [0.29, 0.717) is 11.6 Å². The van der Waals surface area contributed by atoms with Crippen LogP contribution < -0.4 is 5.32 Å². The largest absolute Gasteiger partial charge is 0.466 e. The van der Waals surface area contributed by atoms with Crippen LogP contribution in [-0.4, -0.2) is 27.0 Å². The molecule has 0 aromatic carbocycles. The lowest BCUT2D eigenvalue weighted by atomic mass is 9.99. The predicted molar refractivity (Wildman–Crippen MR) is 73.5 cm³/mol. The third kappa shape index (κ3) is 2.16. The number of aromatic nitrogens is 2. The van der Waals surface area contributed by atoms with Crippen LogP contribution >= 0.6 is 0 Å². The molecule has 8 nitrogen and oxygen atoms in total. The summed E-state index contributed by atoms with van der Waals surface area (Å²) in [5.74, 6) is 0.819. The zero-order valence-corrected chi connectivity index (χ0v) is 12.5. The van der Waals surface area contributed by atoms with E-state index in [1.54, 1.807) is 19.1 Å². The van der Waals surface area contributed by atoms with Gasteiger partial charge in [-0.25, -0.2) is 4.79 Å². The van der Waals surface area contributed by atoms with Gasteiger partial charge in [0.2, 0.25) is 5.89 Å². The van der Waals surface area contributed by atoms with Crippen molar-refractivity contribution in [2.75, 3.05) is 0 Å². The minimum absolute atomic E-state index is 0.0688. The summed E-state index contributed by atoms with van der Waals surface area (Å²) in [7, 11) is 0. The first-order valence-electron chi connectivity index (χ1n) is 6.92. The Labute approximate surface area is 126 Å². The first kappa shape index (κ1) is 14.3. The molecular weight excluding hydrogens is 288 g/mol. The van der Waals surface area contributed by atoms with Crippen LogP contribution in [0.15, 0.2) is 27.3 Å². The number of hydrogen-bond donors (Lipinski definition) is 1. The van der Waals surface area contributed by atoms with Crippen LogP contribution in [0.25, 0.3) is 0 Å². The molecular formula is C14H16N4O4. The van der Waals surface area contributed by atoms with Crippen molar-refractivity contribution in [2.45, 2.75) is 38.8 Å². The highest BCUT2D eigenvalue weighted by Crippen LogP contribution is 2.29. The van der Waals surface area contributed by atoms with Crippen molar-refractivity contribution in [2.24, 2.45) is 0 Å². The van der Waals surface area contributed by atoms with Crippen molar-refractivity contribution in [1.82, 2.24) is 20.4 Å². The van der Waals surface area contributed by atoms with Gasteiger partial charge in [-0.1, -0.05) is 19.0 Å². The van der Waals surface area contributed by atoms with Crippen LogP contribution in [-0.2, 0) is 16.9 Å². The predicted octanol–water partition coefficient (Wildman–Crippen LogP) is 1.75. The standard InChI is InChI=1S/C14H16N4O4/c1-8(2)11-15-10(22-17-11)7-18-12(19)14(3,16-13(18)20)9-5-4-6-21-9/h4-6,8H,7H2,1-3H3,(H,16,20)/t14-/m0/s1. The summed E-state index contributed by atoms with van der Waals surface area (Å²) >= 11 is 0. The van der Waals surface area contributed by atoms with Crippen LogP contribution in [0, 0.1) is 0 Å². The second-order valence-corrected chi connectivity index (χ2v) is 5.62. The fraction of sp³-hybridized carbons (Fsp3) is 0.429. The molecule has 1 saturated heterocycles. The summed E-state index contributed by atoms with van der Waals surface area (Å²) in [5.41, 5.74) is -1.22. The summed E-state index contributed by atoms with van der Waals surface area (Å²) in [4.78, 5) is 29.9. The van der Waals surface area contributed by atoms with Crippen LogP contribution in [0.3, 0.4) is 0 Å². The van der Waals surface area contributed by atoms with E-state index in [0.717, 1.165) is 4.90 Å². The summed E-state index contributed by atoms with van der Waals surface area (Å²) in [6, 6.07) is 2.79. The molecule has 22 heavy (non-hydrogen) atoms. The highest BCUT2D eigenvalue weighted by atomic mass is 16.5. The van der Waals surface area contributed by atoms with Gasteiger partial charge in [-0.15, -0.1) is 0 Å². The van der Waals surface area contributed by atoms with Gasteiger partial charge in [0, 0.05) is 5.92 Å². The molecule has 0 bridgehead atoms. The Bertz CT molecular complexity index is 706. The number of imide groups is 1. The Kier molecular flexibility index (Phi) is 3.23. The number of hydrogen-bond acceptors (Lipinski definition) is 6. The molecule has 3 rings (SSSR count). The van der Waals surface area contributed by atoms with Crippen LogP contribution in [0.4, 0.5) is 4.79 Å². The molecule has 1 aliphatic heterocycles. The molecule has 2 aromatic rings. The normalized spacial score (nSPS) is 21.7. The molecule has 3 amide bonds. The highest BCUT2D eigenvalue weighted by Gasteiger charge is 2.51. The van der Waals surface area contributed by atoms with Crippen LogP contribution in [0.1, 0.15) is 44.2 Å². The number of nitrogens with one attached hydrogen (secondary N) is 1. The lowest BCUT2D eigenvalue weighted by Crippen LogP contribution is -2.40. The van der Waals surface area contributed by atoms with Gasteiger partial charge in [0.15, 0.2) is 11.4 Å². The number of furan rings is 1. The van der Waals surface area contributed by atoms with Gasteiger partial charge in [0.05, 0.1) is 6.26 Å². The number of nitrogens with zero attached hydrogens (tertiary/aromatic N) is 3. The molecule has 0 saturated carbocycles. The third-order valence-electron chi connectivity index (χ3n) is 3.58. The summed E-state index contributed by atoms with van der Waals surface area (Å²) < 4.78 is 10.3. The Balaban J connectivity index is 1.83. The Hall–Kier alpha value is -2.64. The van der Waals surface area contributed by atoms with Gasteiger partial charge in [0.1, 0.15) is 12.3 Å². The van der Waals surface area contributed by atoms with Gasteiger partial charge in [0.25, 0.3) is 5.91 Å². The molecule has 0 spiro atoms. The molecule has 1 atom stereocenters. The van der Waals surface area contributed by atoms with Crippen molar-refractivity contribution in [3.8, 4) is 0 Å². The van der Waals surface area contributed by atoms with Crippen molar-refractivity contribution in [3.63, 3.8) is 0 Å². The van der Waals surface area contributed by atoms with E-state index < -0.39 is 17.5 Å². The fourth-order valence-electron chi connectivity index (χ4n) is 2.27. The van der Waals surface area contributed by atoms with Crippen molar-refractivity contribution in [3.05, 3.63) is 35.9 Å². The SMILES string of the molecule is CC(C)c1noc(CN2C(=O)N[C@@](C)(c3ccco3)C2=O)n1. The van der Waals surface area contributed by atoms with Gasteiger partial charge in [-0.3, -0.25) is 9.69 Å². The summed E-state index contributed by atoms with van der Waals surface area (Å²) in [6.45, 7) is 5.38. The maximum absolute atomic E-state index is 12.6. The zero-order valence-electron chi connectivity index (χ0n) is 12.5. The number of carbonyl (C=O) groups is 2. The average Bonchev–Trinajstić information content (AvgIpc) is 3.17. The van der Waals surface area contributed by atoms with Gasteiger partial charge in [-0.2, -0.15) is 4.98 Å². The molecule has 0 aliphatic carbocycles. The Morgan fingerprint density at radius 2 is 2.18 bits per heavy atom. The number of amides is 3. The van der Waals surface area contributed by atoms with Gasteiger partial charge >= 0.3 is 6.03 Å². The third-order valence-corrected chi connectivity index (χ3v) is 3.58. The first-order valence-corrected chi connectivity index (χ1v) is 6.92. The maximum atomic E-state index is 12.6. The van der Waals surface area contributed by atoms with E-state index in [4.69, 9.17) is 8.94 Å². The topological polar surface area (TPSA) is 101 Å². The molecule has 3 heterocycles. The monoisotopic (exact) mass is 304 g/mol. The van der Waals surface area contributed by atoms with E-state index in [2.05, 4.69) is 15.5 Å². The van der Waals surface area contributed by atoms with E-state index >= 15 is 0 Å². The molecule has 0 unspecified atom stereocenters. The maximum Gasteiger partial charge on any atom is 0.325 e. The molecule has 0 radical (unpaired) electrons. The molecule has 2 aromatic heterocycles. The molecule has 8 heteroatoms. The zero-order chi connectivity index (χ0) is 15.9. The lowest BCUT2D eigenvalue weighted by molar-refractivity contribution is -0.132. The molecule has 1 fully saturated rings. The Morgan fingerprint density at radius 3 is 2.77 bits per heavy atom. The molecule has 1 aliphatic rings. The quantitative estimate of drug-likeness (QED) is 0.863. The second-order valence-electron chi connectivity index (χ2n) is 5.62. The van der Waals surface area contributed by atoms with Crippen LogP contribution in [0.2, 0.25) is 0 Å². The number of carbonyl (C=O) groups excluding carboxylic acids is 2. The minimum Gasteiger partial charge on any atom is -0.466 e. The molecule has 1 N–H and O–H groups in total. The Morgan fingerprint density at radius 1 is 1.41 bits per heavy atom. The van der Waals surface area contributed by atoms with Crippen molar-refractivity contribution < 1.29 is 18.5 Å². The average molecular weight is 304 g/mol. The lowest BCUT2D eigenvalue weighted by Gasteiger charge is -2.18. The summed E-state index contributed by atoms with van der Waals surface area (Å²) in [5, 5.41) is 6.46. The van der Waals surface area contributed by atoms with Crippen LogP contribution in [0.5, 0.6) is 0 Å². The highest BCUT2D eigenvalue weighted by molar-refractivity contribution is 6.06. The number of urea groups is 1. The van der Waals surface area contributed by atoms with E-state index in [1.165, 1.54) is 6.26 Å². The first-order chi connectivity index (χ1) is 10.4. The van der Waals surface area contributed by atoms with E-state index in [9.17, 15) is 9.59 Å². The van der Waals surface area contributed by atoms with Crippen molar-refractivity contribution in [1.29, 1.82) is 0 Å². The number of rotatable bonds is 4. The fourth-order valence-corrected chi connectivity index (χ4v) is 2.27. The van der Waals surface area contributed by atoms with Crippen molar-refractivity contribution >= 4 is 11.9 Å². The summed E-state index contributed by atoms with van der Waals surface area (Å²) in [6.07, 6.45) is 1.45. The van der Waals surface area contributed by atoms with E-state index in [-0.39, 0.29) is 18.4 Å². The van der Waals surface area contributed by atoms with Gasteiger partial charge < -0.3 is 14.3 Å². The van der Waals surface area contributed by atoms with Gasteiger partial charge in [-0.05, 0) is 19.1 Å². The minimum atomic E-state index is -1.22. The molecule has 116 valence electrons.